The molecule has 1 fully saturated rings. The van der Waals surface area contributed by atoms with Gasteiger partial charge in [-0.05, 0) is 38.4 Å². The molecule has 116 valence electrons. The monoisotopic (exact) mass is 380 g/mol. The van der Waals surface area contributed by atoms with Crippen LogP contribution < -0.4 is 10.6 Å². The van der Waals surface area contributed by atoms with E-state index in [1.54, 1.807) is 0 Å². The average Bonchev–Trinajstić information content (AvgIpc) is 2.96. The number of rotatable bonds is 3. The number of aromatic nitrogens is 2. The maximum absolute atomic E-state index is 12.3. The highest BCUT2D eigenvalue weighted by Gasteiger charge is 2.25. The Morgan fingerprint density at radius 3 is 3.09 bits per heavy atom. The molecule has 2 atom stereocenters. The number of nitrogens with one attached hydrogen (secondary N) is 2. The van der Waals surface area contributed by atoms with Gasteiger partial charge in [0.2, 0.25) is 11.0 Å². The van der Waals surface area contributed by atoms with Crippen LogP contribution in [0.1, 0.15) is 19.8 Å². The van der Waals surface area contributed by atoms with E-state index in [9.17, 15) is 4.79 Å². The molecule has 22 heavy (non-hydrogen) atoms. The van der Waals surface area contributed by atoms with Gasteiger partial charge in [-0.1, -0.05) is 39.4 Å². The lowest BCUT2D eigenvalue weighted by atomic mass is 9.93. The van der Waals surface area contributed by atoms with Crippen molar-refractivity contribution in [2.24, 2.45) is 5.92 Å². The Balaban J connectivity index is 1.68. The summed E-state index contributed by atoms with van der Waals surface area (Å²) in [5, 5.41) is 15.9. The highest BCUT2D eigenvalue weighted by molar-refractivity contribution is 9.10. The molecule has 0 bridgehead atoms. The summed E-state index contributed by atoms with van der Waals surface area (Å²) >= 11 is 4.84. The van der Waals surface area contributed by atoms with Crippen LogP contribution in [0.25, 0.3) is 10.6 Å². The lowest BCUT2D eigenvalue weighted by Gasteiger charge is -2.26. The third-order valence-corrected chi connectivity index (χ3v) is 5.10. The fourth-order valence-electron chi connectivity index (χ4n) is 2.59. The topological polar surface area (TPSA) is 66.9 Å². The van der Waals surface area contributed by atoms with E-state index in [4.69, 9.17) is 0 Å². The molecule has 0 saturated carbocycles. The van der Waals surface area contributed by atoms with Crippen LogP contribution in [0.3, 0.4) is 0 Å². The van der Waals surface area contributed by atoms with Crippen molar-refractivity contribution in [1.29, 1.82) is 0 Å². The lowest BCUT2D eigenvalue weighted by Crippen LogP contribution is -2.40. The zero-order valence-electron chi connectivity index (χ0n) is 12.2. The molecule has 1 aliphatic rings. The molecule has 0 spiro atoms. The minimum Gasteiger partial charge on any atom is -0.314 e. The summed E-state index contributed by atoms with van der Waals surface area (Å²) in [6.45, 7) is 2.99. The normalized spacial score (nSPS) is 21.5. The summed E-state index contributed by atoms with van der Waals surface area (Å²) in [6, 6.07) is 8.27. The molecule has 0 radical (unpaired) electrons. The molecule has 2 heterocycles. The smallest absolute Gasteiger partial charge is 0.229 e. The first-order chi connectivity index (χ1) is 10.6. The molecule has 0 unspecified atom stereocenters. The van der Waals surface area contributed by atoms with Crippen molar-refractivity contribution >= 4 is 38.3 Å². The van der Waals surface area contributed by atoms with Gasteiger partial charge in [-0.2, -0.15) is 0 Å². The number of piperidine rings is 1. The first-order valence-corrected chi connectivity index (χ1v) is 8.86. The minimum absolute atomic E-state index is 0.0466. The van der Waals surface area contributed by atoms with Gasteiger partial charge in [0.05, 0.1) is 0 Å². The third kappa shape index (κ3) is 3.71. The highest BCUT2D eigenvalue weighted by atomic mass is 79.9. The van der Waals surface area contributed by atoms with Gasteiger partial charge in [-0.3, -0.25) is 4.79 Å². The van der Waals surface area contributed by atoms with Crippen molar-refractivity contribution in [2.45, 2.75) is 25.8 Å². The van der Waals surface area contributed by atoms with E-state index in [1.165, 1.54) is 11.3 Å². The molecule has 1 amide bonds. The van der Waals surface area contributed by atoms with Crippen molar-refractivity contribution in [3.8, 4) is 10.6 Å². The standard InChI is InChI=1S/C15H17BrN4OS/c1-9-7-10(5-6-17-9)13(21)18-15-20-19-14(22-15)11-3-2-4-12(16)8-11/h2-4,8-10,17H,5-7H2,1H3,(H,18,20,21)/t9-,10-/m0/s1. The predicted octanol–water partition coefficient (Wildman–Crippen LogP) is 3.29. The Labute approximate surface area is 141 Å². The second-order valence-corrected chi connectivity index (χ2v) is 7.38. The van der Waals surface area contributed by atoms with E-state index in [0.717, 1.165) is 34.4 Å². The van der Waals surface area contributed by atoms with Crippen LogP contribution in [0.4, 0.5) is 5.13 Å². The van der Waals surface area contributed by atoms with Crippen molar-refractivity contribution in [3.05, 3.63) is 28.7 Å². The number of carbonyl (C=O) groups excluding carboxylic acids is 1. The Morgan fingerprint density at radius 2 is 2.32 bits per heavy atom. The van der Waals surface area contributed by atoms with E-state index in [0.29, 0.717) is 11.2 Å². The van der Waals surface area contributed by atoms with Crippen LogP contribution in [0.15, 0.2) is 28.7 Å². The minimum atomic E-state index is 0.0466. The number of anilines is 1. The molecule has 7 heteroatoms. The number of halogens is 1. The SMILES string of the molecule is C[C@H]1C[C@@H](C(=O)Nc2nnc(-c3cccc(Br)c3)s2)CCN1. The number of benzene rings is 1. The van der Waals surface area contributed by atoms with Crippen LogP contribution in [-0.2, 0) is 4.79 Å². The highest BCUT2D eigenvalue weighted by Crippen LogP contribution is 2.29. The van der Waals surface area contributed by atoms with E-state index in [2.05, 4.69) is 43.7 Å². The van der Waals surface area contributed by atoms with Crippen LogP contribution in [0.5, 0.6) is 0 Å². The largest absolute Gasteiger partial charge is 0.314 e. The summed E-state index contributed by atoms with van der Waals surface area (Å²) in [7, 11) is 0. The van der Waals surface area contributed by atoms with Gasteiger partial charge in [0.15, 0.2) is 0 Å². The number of carbonyl (C=O) groups is 1. The van der Waals surface area contributed by atoms with Crippen molar-refractivity contribution in [1.82, 2.24) is 15.5 Å². The second-order valence-electron chi connectivity index (χ2n) is 5.49. The Hall–Kier alpha value is -1.31. The molecule has 1 saturated heterocycles. The molecule has 1 aliphatic heterocycles. The average molecular weight is 381 g/mol. The van der Waals surface area contributed by atoms with Crippen LogP contribution in [0.2, 0.25) is 0 Å². The summed E-state index contributed by atoms with van der Waals surface area (Å²) in [5.41, 5.74) is 0.989. The van der Waals surface area contributed by atoms with Crippen LogP contribution in [-0.4, -0.2) is 28.7 Å². The molecule has 1 aromatic heterocycles. The quantitative estimate of drug-likeness (QED) is 0.856. The van der Waals surface area contributed by atoms with Gasteiger partial charge < -0.3 is 10.6 Å². The first-order valence-electron chi connectivity index (χ1n) is 7.25. The fourth-order valence-corrected chi connectivity index (χ4v) is 3.73. The van der Waals surface area contributed by atoms with Crippen LogP contribution >= 0.6 is 27.3 Å². The van der Waals surface area contributed by atoms with E-state index in [-0.39, 0.29) is 11.8 Å². The summed E-state index contributed by atoms with van der Waals surface area (Å²) in [6.07, 6.45) is 1.73. The number of amides is 1. The van der Waals surface area contributed by atoms with Crippen molar-refractivity contribution < 1.29 is 4.79 Å². The van der Waals surface area contributed by atoms with Gasteiger partial charge >= 0.3 is 0 Å². The molecule has 2 aromatic rings. The van der Waals surface area contributed by atoms with Crippen molar-refractivity contribution in [3.63, 3.8) is 0 Å². The number of hydrogen-bond acceptors (Lipinski definition) is 5. The zero-order valence-corrected chi connectivity index (χ0v) is 14.6. The zero-order chi connectivity index (χ0) is 15.5. The molecular formula is C15H17BrN4OS. The van der Waals surface area contributed by atoms with Gasteiger partial charge in [0, 0.05) is 22.0 Å². The summed E-state index contributed by atoms with van der Waals surface area (Å²) in [5.74, 6) is 0.0970. The van der Waals surface area contributed by atoms with Gasteiger partial charge in [-0.25, -0.2) is 0 Å². The Bertz CT molecular complexity index is 675. The van der Waals surface area contributed by atoms with E-state index >= 15 is 0 Å². The number of hydrogen-bond donors (Lipinski definition) is 2. The van der Waals surface area contributed by atoms with E-state index in [1.807, 2.05) is 24.3 Å². The number of nitrogens with zero attached hydrogens (tertiary/aromatic N) is 2. The molecule has 3 rings (SSSR count). The van der Waals surface area contributed by atoms with Crippen molar-refractivity contribution in [2.75, 3.05) is 11.9 Å². The lowest BCUT2D eigenvalue weighted by molar-refractivity contribution is -0.120. The van der Waals surface area contributed by atoms with E-state index < -0.39 is 0 Å². The van der Waals surface area contributed by atoms with Gasteiger partial charge in [-0.15, -0.1) is 10.2 Å². The van der Waals surface area contributed by atoms with Crippen LogP contribution in [0, 0.1) is 5.92 Å². The van der Waals surface area contributed by atoms with Gasteiger partial charge in [0.25, 0.3) is 0 Å². The first kappa shape index (κ1) is 15.6. The summed E-state index contributed by atoms with van der Waals surface area (Å²) in [4.78, 5) is 12.3. The Morgan fingerprint density at radius 1 is 1.45 bits per heavy atom. The Kier molecular flexibility index (Phi) is 4.85. The third-order valence-electron chi connectivity index (χ3n) is 3.72. The molecule has 5 nitrogen and oxygen atoms in total. The predicted molar refractivity (Wildman–Crippen MR) is 91.9 cm³/mol. The second kappa shape index (κ2) is 6.85. The fraction of sp³-hybridized carbons (Fsp3) is 0.400. The molecule has 1 aromatic carbocycles. The molecule has 2 N–H and O–H groups in total. The maximum atomic E-state index is 12.3. The maximum Gasteiger partial charge on any atom is 0.229 e. The molecular weight excluding hydrogens is 364 g/mol. The molecule has 0 aliphatic carbocycles. The van der Waals surface area contributed by atoms with Gasteiger partial charge in [0.1, 0.15) is 5.01 Å². The summed E-state index contributed by atoms with van der Waals surface area (Å²) < 4.78 is 0.995.